The van der Waals surface area contributed by atoms with Crippen LogP contribution in [-0.4, -0.2) is 37.0 Å². The van der Waals surface area contributed by atoms with E-state index in [1.54, 1.807) is 0 Å². The lowest BCUT2D eigenvalue weighted by atomic mass is 10.00. The predicted molar refractivity (Wildman–Crippen MR) is 99.4 cm³/mol. The average Bonchev–Trinajstić information content (AvgIpc) is 2.92. The maximum Gasteiger partial charge on any atom is 0.193 e. The number of nitrogens with zero attached hydrogens (tertiary/aromatic N) is 2. The number of guanidine groups is 1. The van der Waals surface area contributed by atoms with Crippen LogP contribution in [0.2, 0.25) is 0 Å². The minimum atomic E-state index is 0. The molecule has 2 rings (SSSR count). The molecule has 2 heterocycles. The molecule has 20 heavy (non-hydrogen) atoms. The highest BCUT2D eigenvalue weighted by atomic mass is 127. The highest BCUT2D eigenvalue weighted by molar-refractivity contribution is 14.0. The van der Waals surface area contributed by atoms with E-state index in [1.165, 1.54) is 17.7 Å². The molecule has 5 heteroatoms. The molecule has 0 bridgehead atoms. The Bertz CT molecular complexity index is 384. The molecular weight excluding hydrogens is 381 g/mol. The first kappa shape index (κ1) is 17.8. The van der Waals surface area contributed by atoms with Gasteiger partial charge < -0.3 is 10.2 Å². The van der Waals surface area contributed by atoms with Gasteiger partial charge in [-0.25, -0.2) is 0 Å². The fourth-order valence-electron chi connectivity index (χ4n) is 2.37. The first-order valence-electron chi connectivity index (χ1n) is 7.35. The summed E-state index contributed by atoms with van der Waals surface area (Å²) < 4.78 is 0. The van der Waals surface area contributed by atoms with Gasteiger partial charge in [0.1, 0.15) is 0 Å². The van der Waals surface area contributed by atoms with Crippen molar-refractivity contribution in [3.8, 4) is 0 Å². The van der Waals surface area contributed by atoms with Crippen molar-refractivity contribution in [3.05, 3.63) is 22.4 Å². The monoisotopic (exact) mass is 407 g/mol. The van der Waals surface area contributed by atoms with Gasteiger partial charge >= 0.3 is 0 Å². The Hall–Kier alpha value is -0.300. The van der Waals surface area contributed by atoms with Crippen LogP contribution in [0.1, 0.15) is 31.6 Å². The zero-order valence-electron chi connectivity index (χ0n) is 12.5. The van der Waals surface area contributed by atoms with Crippen molar-refractivity contribution in [2.24, 2.45) is 10.9 Å². The second-order valence-electron chi connectivity index (χ2n) is 5.23. The van der Waals surface area contributed by atoms with E-state index in [4.69, 9.17) is 4.99 Å². The Balaban J connectivity index is 0.00000200. The zero-order valence-corrected chi connectivity index (χ0v) is 15.6. The number of hydrogen-bond acceptors (Lipinski definition) is 2. The van der Waals surface area contributed by atoms with Crippen LogP contribution in [0.25, 0.3) is 0 Å². The van der Waals surface area contributed by atoms with Crippen LogP contribution in [0.3, 0.4) is 0 Å². The SMILES string of the molecule is CCNC(=NCCc1cccs1)N1CCC(C)CC1.I. The number of hydrogen-bond donors (Lipinski definition) is 1. The lowest BCUT2D eigenvalue weighted by Gasteiger charge is -2.33. The van der Waals surface area contributed by atoms with Gasteiger partial charge in [-0.05, 0) is 37.1 Å². The van der Waals surface area contributed by atoms with Crippen LogP contribution in [-0.2, 0) is 6.42 Å². The summed E-state index contributed by atoms with van der Waals surface area (Å²) in [6, 6.07) is 4.30. The van der Waals surface area contributed by atoms with E-state index in [0.29, 0.717) is 0 Å². The van der Waals surface area contributed by atoms with Gasteiger partial charge in [0.05, 0.1) is 0 Å². The van der Waals surface area contributed by atoms with Crippen molar-refractivity contribution in [1.29, 1.82) is 0 Å². The summed E-state index contributed by atoms with van der Waals surface area (Å²) in [5, 5.41) is 5.56. The van der Waals surface area contributed by atoms with E-state index in [-0.39, 0.29) is 24.0 Å². The second kappa shape index (κ2) is 9.60. The third-order valence-electron chi connectivity index (χ3n) is 3.62. The average molecular weight is 407 g/mol. The molecule has 0 saturated carbocycles. The Morgan fingerprint density at radius 1 is 1.45 bits per heavy atom. The molecule has 1 fully saturated rings. The number of halogens is 1. The summed E-state index contributed by atoms with van der Waals surface area (Å²) in [6.07, 6.45) is 3.63. The lowest BCUT2D eigenvalue weighted by molar-refractivity contribution is 0.273. The molecular formula is C15H26IN3S. The third-order valence-corrected chi connectivity index (χ3v) is 4.55. The van der Waals surface area contributed by atoms with E-state index in [9.17, 15) is 0 Å². The molecule has 1 aromatic rings. The summed E-state index contributed by atoms with van der Waals surface area (Å²) in [6.45, 7) is 8.61. The summed E-state index contributed by atoms with van der Waals surface area (Å²) >= 11 is 1.82. The number of likely N-dealkylation sites (tertiary alicyclic amines) is 1. The van der Waals surface area contributed by atoms with E-state index in [1.807, 2.05) is 11.3 Å². The van der Waals surface area contributed by atoms with Gasteiger partial charge in [-0.15, -0.1) is 35.3 Å². The van der Waals surface area contributed by atoms with E-state index >= 15 is 0 Å². The van der Waals surface area contributed by atoms with E-state index < -0.39 is 0 Å². The van der Waals surface area contributed by atoms with E-state index in [2.05, 4.69) is 41.6 Å². The molecule has 1 saturated heterocycles. The Labute approximate surface area is 143 Å². The molecule has 0 unspecified atom stereocenters. The molecule has 114 valence electrons. The zero-order chi connectivity index (χ0) is 13.5. The summed E-state index contributed by atoms with van der Waals surface area (Å²) in [5.74, 6) is 1.97. The fourth-order valence-corrected chi connectivity index (χ4v) is 3.07. The number of piperidine rings is 1. The predicted octanol–water partition coefficient (Wildman–Crippen LogP) is 3.61. The van der Waals surface area contributed by atoms with E-state index in [0.717, 1.165) is 44.5 Å². The highest BCUT2D eigenvalue weighted by Crippen LogP contribution is 2.16. The van der Waals surface area contributed by atoms with Crippen molar-refractivity contribution in [2.75, 3.05) is 26.2 Å². The van der Waals surface area contributed by atoms with Crippen molar-refractivity contribution in [3.63, 3.8) is 0 Å². The highest BCUT2D eigenvalue weighted by Gasteiger charge is 2.18. The Kier molecular flexibility index (Phi) is 8.52. The summed E-state index contributed by atoms with van der Waals surface area (Å²) in [7, 11) is 0. The fraction of sp³-hybridized carbons (Fsp3) is 0.667. The van der Waals surface area contributed by atoms with Gasteiger partial charge in [-0.3, -0.25) is 4.99 Å². The third kappa shape index (κ3) is 5.60. The van der Waals surface area contributed by atoms with Crippen LogP contribution in [0.5, 0.6) is 0 Å². The molecule has 0 aliphatic carbocycles. The van der Waals surface area contributed by atoms with Crippen molar-refractivity contribution >= 4 is 41.3 Å². The van der Waals surface area contributed by atoms with Gasteiger partial charge in [0.25, 0.3) is 0 Å². The first-order chi connectivity index (χ1) is 9.29. The first-order valence-corrected chi connectivity index (χ1v) is 8.23. The number of aliphatic imine (C=N–C) groups is 1. The molecule has 1 N–H and O–H groups in total. The minimum Gasteiger partial charge on any atom is -0.357 e. The molecule has 0 amide bonds. The molecule has 0 spiro atoms. The maximum atomic E-state index is 4.78. The van der Waals surface area contributed by atoms with Crippen molar-refractivity contribution in [2.45, 2.75) is 33.1 Å². The molecule has 1 aliphatic heterocycles. The summed E-state index contributed by atoms with van der Waals surface area (Å²) in [5.41, 5.74) is 0. The van der Waals surface area contributed by atoms with Crippen LogP contribution in [0, 0.1) is 5.92 Å². The van der Waals surface area contributed by atoms with Crippen molar-refractivity contribution < 1.29 is 0 Å². The van der Waals surface area contributed by atoms with Crippen molar-refractivity contribution in [1.82, 2.24) is 10.2 Å². The molecule has 0 radical (unpaired) electrons. The molecule has 3 nitrogen and oxygen atoms in total. The minimum absolute atomic E-state index is 0. The van der Waals surface area contributed by atoms with Gasteiger partial charge in [0, 0.05) is 37.5 Å². The number of thiophene rings is 1. The normalized spacial score (nSPS) is 16.9. The Morgan fingerprint density at radius 2 is 2.20 bits per heavy atom. The van der Waals surface area contributed by atoms with Crippen LogP contribution in [0.4, 0.5) is 0 Å². The van der Waals surface area contributed by atoms with Gasteiger partial charge in [-0.2, -0.15) is 0 Å². The second-order valence-corrected chi connectivity index (χ2v) is 6.27. The molecule has 0 atom stereocenters. The molecule has 1 aliphatic rings. The summed E-state index contributed by atoms with van der Waals surface area (Å²) in [4.78, 5) is 8.61. The Morgan fingerprint density at radius 3 is 2.80 bits per heavy atom. The molecule has 1 aromatic heterocycles. The van der Waals surface area contributed by atoms with Gasteiger partial charge in [0.15, 0.2) is 5.96 Å². The quantitative estimate of drug-likeness (QED) is 0.469. The standard InChI is InChI=1S/C15H25N3S.HI/c1-3-16-15(18-10-7-13(2)8-11-18)17-9-6-14-5-4-12-19-14;/h4-5,12-13H,3,6-11H2,1-2H3,(H,16,17);1H. The number of rotatable bonds is 4. The molecule has 0 aromatic carbocycles. The maximum absolute atomic E-state index is 4.78. The van der Waals surface area contributed by atoms with Crippen LogP contribution >= 0.6 is 35.3 Å². The van der Waals surface area contributed by atoms with Crippen LogP contribution < -0.4 is 5.32 Å². The topological polar surface area (TPSA) is 27.6 Å². The lowest BCUT2D eigenvalue weighted by Crippen LogP contribution is -2.45. The smallest absolute Gasteiger partial charge is 0.193 e. The van der Waals surface area contributed by atoms with Crippen LogP contribution in [0.15, 0.2) is 22.5 Å². The van der Waals surface area contributed by atoms with Gasteiger partial charge in [-0.1, -0.05) is 13.0 Å². The van der Waals surface area contributed by atoms with Gasteiger partial charge in [0.2, 0.25) is 0 Å². The largest absolute Gasteiger partial charge is 0.357 e. The number of nitrogens with one attached hydrogen (secondary N) is 1.